The molecule has 2 atom stereocenters. The van der Waals surface area contributed by atoms with Crippen LogP contribution in [0.3, 0.4) is 0 Å². The van der Waals surface area contributed by atoms with Crippen LogP contribution < -0.4 is 0 Å². The highest BCUT2D eigenvalue weighted by atomic mass is 79.9. The second-order valence-electron chi connectivity index (χ2n) is 3.76. The van der Waals surface area contributed by atoms with E-state index in [9.17, 15) is 5.11 Å². The summed E-state index contributed by atoms with van der Waals surface area (Å²) in [5.41, 5.74) is 0.952. The fourth-order valence-electron chi connectivity index (χ4n) is 1.48. The molecule has 0 fully saturated rings. The number of halogens is 1. The van der Waals surface area contributed by atoms with Gasteiger partial charge in [0, 0.05) is 18.2 Å². The first-order valence-corrected chi connectivity index (χ1v) is 5.87. The van der Waals surface area contributed by atoms with Crippen molar-refractivity contribution in [3.05, 3.63) is 34.3 Å². The maximum absolute atomic E-state index is 10.1. The molecule has 1 N–H and O–H groups in total. The summed E-state index contributed by atoms with van der Waals surface area (Å²) in [4.78, 5) is 0. The van der Waals surface area contributed by atoms with Gasteiger partial charge in [-0.05, 0) is 30.0 Å². The van der Waals surface area contributed by atoms with Crippen molar-refractivity contribution in [1.82, 2.24) is 0 Å². The van der Waals surface area contributed by atoms with Crippen LogP contribution in [0.2, 0.25) is 0 Å². The lowest BCUT2D eigenvalue weighted by Crippen LogP contribution is -2.11. The molecule has 3 heteroatoms. The Morgan fingerprint density at radius 3 is 2.80 bits per heavy atom. The Kier molecular flexibility index (Phi) is 5.29. The van der Waals surface area contributed by atoms with Crippen LogP contribution in [0.1, 0.15) is 25.0 Å². The normalized spacial score (nSPS) is 14.9. The Hall–Kier alpha value is -0.380. The molecule has 0 saturated carbocycles. The van der Waals surface area contributed by atoms with Gasteiger partial charge in [-0.15, -0.1) is 0 Å². The quantitative estimate of drug-likeness (QED) is 0.893. The Bertz CT molecular complexity index is 301. The molecule has 2 nitrogen and oxygen atoms in total. The third-order valence-corrected chi connectivity index (χ3v) is 3.00. The summed E-state index contributed by atoms with van der Waals surface area (Å²) in [5, 5.41) is 10.1. The molecule has 1 rings (SSSR count). The first-order valence-electron chi connectivity index (χ1n) is 5.07. The second kappa shape index (κ2) is 6.26. The van der Waals surface area contributed by atoms with E-state index in [-0.39, 0.29) is 5.92 Å². The van der Waals surface area contributed by atoms with Crippen LogP contribution in [0.5, 0.6) is 0 Å². The molecule has 0 spiro atoms. The number of aliphatic hydroxyl groups is 1. The van der Waals surface area contributed by atoms with E-state index in [4.69, 9.17) is 4.74 Å². The van der Waals surface area contributed by atoms with E-state index in [1.807, 2.05) is 31.2 Å². The molecule has 0 aliphatic rings. The van der Waals surface area contributed by atoms with Crippen molar-refractivity contribution < 1.29 is 9.84 Å². The summed E-state index contributed by atoms with van der Waals surface area (Å²) >= 11 is 3.40. The van der Waals surface area contributed by atoms with E-state index < -0.39 is 6.10 Å². The summed E-state index contributed by atoms with van der Waals surface area (Å²) in [7, 11) is 1.68. The number of hydrogen-bond acceptors (Lipinski definition) is 2. The SMILES string of the molecule is COCCC(C)C(O)c1cccc(Br)c1. The van der Waals surface area contributed by atoms with E-state index in [0.29, 0.717) is 6.61 Å². The maximum atomic E-state index is 10.1. The maximum Gasteiger partial charge on any atom is 0.0816 e. The molecule has 0 aliphatic carbocycles. The highest BCUT2D eigenvalue weighted by Gasteiger charge is 2.15. The molecular weight excluding hydrogens is 256 g/mol. The van der Waals surface area contributed by atoms with E-state index >= 15 is 0 Å². The average molecular weight is 273 g/mol. The third kappa shape index (κ3) is 3.93. The number of ether oxygens (including phenoxy) is 1. The van der Waals surface area contributed by atoms with Crippen molar-refractivity contribution in [2.24, 2.45) is 5.92 Å². The van der Waals surface area contributed by atoms with Gasteiger partial charge in [-0.1, -0.05) is 35.0 Å². The molecule has 1 aromatic carbocycles. The summed E-state index contributed by atoms with van der Waals surface area (Å²) in [6.45, 7) is 2.72. The molecule has 2 unspecified atom stereocenters. The smallest absolute Gasteiger partial charge is 0.0816 e. The standard InChI is InChI=1S/C12H17BrO2/c1-9(6-7-15-2)12(14)10-4-3-5-11(13)8-10/h3-5,8-9,12,14H,6-7H2,1-2H3. The Morgan fingerprint density at radius 1 is 1.47 bits per heavy atom. The minimum absolute atomic E-state index is 0.208. The highest BCUT2D eigenvalue weighted by Crippen LogP contribution is 2.26. The van der Waals surface area contributed by atoms with Crippen molar-refractivity contribution in [2.75, 3.05) is 13.7 Å². The van der Waals surface area contributed by atoms with Gasteiger partial charge in [0.1, 0.15) is 0 Å². The highest BCUT2D eigenvalue weighted by molar-refractivity contribution is 9.10. The monoisotopic (exact) mass is 272 g/mol. The first kappa shape index (κ1) is 12.7. The van der Waals surface area contributed by atoms with Gasteiger partial charge in [0.25, 0.3) is 0 Å². The predicted molar refractivity (Wildman–Crippen MR) is 64.8 cm³/mol. The van der Waals surface area contributed by atoms with Crippen LogP contribution in [-0.4, -0.2) is 18.8 Å². The van der Waals surface area contributed by atoms with Crippen LogP contribution in [0, 0.1) is 5.92 Å². The summed E-state index contributed by atoms with van der Waals surface area (Å²) in [6, 6.07) is 7.79. The third-order valence-electron chi connectivity index (χ3n) is 2.51. The molecule has 84 valence electrons. The number of methoxy groups -OCH3 is 1. The van der Waals surface area contributed by atoms with Gasteiger partial charge in [-0.2, -0.15) is 0 Å². The fourth-order valence-corrected chi connectivity index (χ4v) is 1.90. The zero-order valence-corrected chi connectivity index (χ0v) is 10.7. The van der Waals surface area contributed by atoms with Crippen LogP contribution in [-0.2, 0) is 4.74 Å². The number of aliphatic hydroxyl groups excluding tert-OH is 1. The summed E-state index contributed by atoms with van der Waals surface area (Å²) in [5.74, 6) is 0.208. The molecule has 0 heterocycles. The topological polar surface area (TPSA) is 29.5 Å². The van der Waals surface area contributed by atoms with Gasteiger partial charge in [-0.3, -0.25) is 0 Å². The lowest BCUT2D eigenvalue weighted by atomic mass is 9.95. The van der Waals surface area contributed by atoms with Crippen molar-refractivity contribution in [1.29, 1.82) is 0 Å². The Balaban J connectivity index is 2.62. The van der Waals surface area contributed by atoms with Gasteiger partial charge < -0.3 is 9.84 Å². The first-order chi connectivity index (χ1) is 7.15. The molecule has 0 amide bonds. The molecule has 0 bridgehead atoms. The van der Waals surface area contributed by atoms with Gasteiger partial charge in [0.15, 0.2) is 0 Å². The molecule has 1 aromatic rings. The van der Waals surface area contributed by atoms with E-state index in [2.05, 4.69) is 15.9 Å². The van der Waals surface area contributed by atoms with Gasteiger partial charge in [-0.25, -0.2) is 0 Å². The van der Waals surface area contributed by atoms with Gasteiger partial charge in [0.2, 0.25) is 0 Å². The molecular formula is C12H17BrO2. The molecule has 0 saturated heterocycles. The van der Waals surface area contributed by atoms with Crippen LogP contribution >= 0.6 is 15.9 Å². The van der Waals surface area contributed by atoms with Crippen molar-refractivity contribution in [3.8, 4) is 0 Å². The number of benzene rings is 1. The van der Waals surface area contributed by atoms with Gasteiger partial charge in [0.05, 0.1) is 6.10 Å². The summed E-state index contributed by atoms with van der Waals surface area (Å²) in [6.07, 6.45) is 0.446. The van der Waals surface area contributed by atoms with Crippen LogP contribution in [0.25, 0.3) is 0 Å². The zero-order chi connectivity index (χ0) is 11.3. The minimum Gasteiger partial charge on any atom is -0.388 e. The van der Waals surface area contributed by atoms with Crippen molar-refractivity contribution in [3.63, 3.8) is 0 Å². The largest absolute Gasteiger partial charge is 0.388 e. The number of hydrogen-bond donors (Lipinski definition) is 1. The van der Waals surface area contributed by atoms with Crippen LogP contribution in [0.4, 0.5) is 0 Å². The number of rotatable bonds is 5. The Labute approximate surface area is 99.4 Å². The minimum atomic E-state index is -0.419. The average Bonchev–Trinajstić information content (AvgIpc) is 2.24. The van der Waals surface area contributed by atoms with E-state index in [0.717, 1.165) is 16.5 Å². The van der Waals surface area contributed by atoms with Crippen LogP contribution in [0.15, 0.2) is 28.7 Å². The summed E-state index contributed by atoms with van der Waals surface area (Å²) < 4.78 is 6.00. The van der Waals surface area contributed by atoms with E-state index in [1.54, 1.807) is 7.11 Å². The van der Waals surface area contributed by atoms with Crippen molar-refractivity contribution in [2.45, 2.75) is 19.4 Å². The van der Waals surface area contributed by atoms with E-state index in [1.165, 1.54) is 0 Å². The second-order valence-corrected chi connectivity index (χ2v) is 4.67. The molecule has 15 heavy (non-hydrogen) atoms. The molecule has 0 aliphatic heterocycles. The lowest BCUT2D eigenvalue weighted by molar-refractivity contribution is 0.0886. The fraction of sp³-hybridized carbons (Fsp3) is 0.500. The molecule has 0 aromatic heterocycles. The molecule has 0 radical (unpaired) electrons. The predicted octanol–water partition coefficient (Wildman–Crippen LogP) is 3.16. The van der Waals surface area contributed by atoms with Gasteiger partial charge >= 0.3 is 0 Å². The van der Waals surface area contributed by atoms with Crippen molar-refractivity contribution >= 4 is 15.9 Å². The Morgan fingerprint density at radius 2 is 2.20 bits per heavy atom. The zero-order valence-electron chi connectivity index (χ0n) is 9.11. The lowest BCUT2D eigenvalue weighted by Gasteiger charge is -2.18.